The van der Waals surface area contributed by atoms with Crippen LogP contribution in [0.4, 0.5) is 0 Å². The molecule has 0 aromatic heterocycles. The Bertz CT molecular complexity index is 528. The van der Waals surface area contributed by atoms with E-state index in [9.17, 15) is 9.90 Å². The second-order valence-corrected chi connectivity index (χ2v) is 5.84. The zero-order chi connectivity index (χ0) is 15.1. The third-order valence-electron chi connectivity index (χ3n) is 4.14. The van der Waals surface area contributed by atoms with Gasteiger partial charge in [-0.2, -0.15) is 5.26 Å². The van der Waals surface area contributed by atoms with Crippen molar-refractivity contribution in [3.63, 3.8) is 0 Å². The number of nitriles is 1. The van der Waals surface area contributed by atoms with Crippen LogP contribution >= 0.6 is 0 Å². The van der Waals surface area contributed by atoms with E-state index >= 15 is 0 Å². The van der Waals surface area contributed by atoms with Crippen LogP contribution in [0.3, 0.4) is 0 Å². The van der Waals surface area contributed by atoms with Gasteiger partial charge in [-0.1, -0.05) is 43.5 Å². The molecule has 112 valence electrons. The minimum Gasteiger partial charge on any atom is -0.388 e. The van der Waals surface area contributed by atoms with Crippen molar-refractivity contribution in [3.05, 3.63) is 35.4 Å². The third kappa shape index (κ3) is 4.57. The molecule has 0 spiro atoms. The minimum absolute atomic E-state index is 0.0978. The average Bonchev–Trinajstić information content (AvgIpc) is 2.48. The van der Waals surface area contributed by atoms with Crippen molar-refractivity contribution in [2.24, 2.45) is 0 Å². The minimum atomic E-state index is -0.736. The van der Waals surface area contributed by atoms with Gasteiger partial charge in [-0.25, -0.2) is 0 Å². The fourth-order valence-corrected chi connectivity index (χ4v) is 2.87. The van der Waals surface area contributed by atoms with Gasteiger partial charge >= 0.3 is 0 Å². The normalized spacial score (nSPS) is 17.0. The molecule has 0 unspecified atom stereocenters. The second kappa shape index (κ2) is 7.24. The van der Waals surface area contributed by atoms with Gasteiger partial charge in [0.05, 0.1) is 24.5 Å². The van der Waals surface area contributed by atoms with Crippen LogP contribution in [0, 0.1) is 11.3 Å². The van der Waals surface area contributed by atoms with Crippen LogP contribution < -0.4 is 5.32 Å². The Labute approximate surface area is 125 Å². The summed E-state index contributed by atoms with van der Waals surface area (Å²) < 4.78 is 0. The first kappa shape index (κ1) is 15.5. The predicted octanol–water partition coefficient (Wildman–Crippen LogP) is 2.11. The highest BCUT2D eigenvalue weighted by atomic mass is 16.3. The number of amides is 1. The molecule has 2 rings (SSSR count). The van der Waals surface area contributed by atoms with Crippen LogP contribution in [0.5, 0.6) is 0 Å². The summed E-state index contributed by atoms with van der Waals surface area (Å²) in [5.74, 6) is -0.0978. The fourth-order valence-electron chi connectivity index (χ4n) is 2.87. The molecule has 4 nitrogen and oxygen atoms in total. The molecule has 1 aliphatic rings. The van der Waals surface area contributed by atoms with E-state index in [0.717, 1.165) is 43.2 Å². The number of benzene rings is 1. The molecule has 21 heavy (non-hydrogen) atoms. The van der Waals surface area contributed by atoms with Crippen LogP contribution in [-0.2, 0) is 17.6 Å². The maximum Gasteiger partial charge on any atom is 0.224 e. The van der Waals surface area contributed by atoms with Crippen molar-refractivity contribution in [3.8, 4) is 6.07 Å². The number of nitrogens with zero attached hydrogens (tertiary/aromatic N) is 1. The summed E-state index contributed by atoms with van der Waals surface area (Å²) in [4.78, 5) is 12.0. The van der Waals surface area contributed by atoms with E-state index in [2.05, 4.69) is 11.4 Å². The van der Waals surface area contributed by atoms with Gasteiger partial charge < -0.3 is 10.4 Å². The summed E-state index contributed by atoms with van der Waals surface area (Å²) in [5.41, 5.74) is 1.04. The molecule has 1 fully saturated rings. The molecule has 0 aliphatic heterocycles. The number of carbonyl (C=O) groups excluding carboxylic acids is 1. The van der Waals surface area contributed by atoms with E-state index in [1.807, 2.05) is 24.3 Å². The van der Waals surface area contributed by atoms with Crippen molar-refractivity contribution in [1.29, 1.82) is 5.26 Å². The Morgan fingerprint density at radius 2 is 1.90 bits per heavy atom. The molecule has 0 radical (unpaired) electrons. The lowest BCUT2D eigenvalue weighted by atomic mass is 9.85. The van der Waals surface area contributed by atoms with Gasteiger partial charge in [0.15, 0.2) is 0 Å². The number of nitrogens with one attached hydrogen (secondary N) is 1. The van der Waals surface area contributed by atoms with E-state index in [0.29, 0.717) is 13.0 Å². The molecule has 1 amide bonds. The Kier molecular flexibility index (Phi) is 5.35. The standard InChI is InChI=1S/C17H22N2O2/c18-11-8-14-6-2-3-7-15(14)12-16(20)19-13-17(21)9-4-1-5-10-17/h2-3,6-7,21H,1,4-5,8-10,12-13H2,(H,19,20). The SMILES string of the molecule is N#CCc1ccccc1CC(=O)NCC1(O)CCCCC1. The summed E-state index contributed by atoms with van der Waals surface area (Å²) in [6.45, 7) is 0.326. The lowest BCUT2D eigenvalue weighted by Crippen LogP contribution is -2.44. The molecule has 1 aromatic rings. The molecule has 2 N–H and O–H groups in total. The maximum absolute atomic E-state index is 12.0. The van der Waals surface area contributed by atoms with Gasteiger partial charge in [-0.15, -0.1) is 0 Å². The first-order chi connectivity index (χ1) is 10.1. The van der Waals surface area contributed by atoms with Crippen LogP contribution in [0.1, 0.15) is 43.2 Å². The highest BCUT2D eigenvalue weighted by Gasteiger charge is 2.29. The first-order valence-electron chi connectivity index (χ1n) is 7.56. The van der Waals surface area contributed by atoms with Gasteiger partial charge in [-0.3, -0.25) is 4.79 Å². The number of hydrogen-bond donors (Lipinski definition) is 2. The molecule has 0 heterocycles. The summed E-state index contributed by atoms with van der Waals surface area (Å²) in [7, 11) is 0. The lowest BCUT2D eigenvalue weighted by molar-refractivity contribution is -0.122. The van der Waals surface area contributed by atoms with E-state index in [1.54, 1.807) is 0 Å². The molecule has 0 bridgehead atoms. The maximum atomic E-state index is 12.0. The fraction of sp³-hybridized carbons (Fsp3) is 0.529. The van der Waals surface area contributed by atoms with Crippen molar-refractivity contribution >= 4 is 5.91 Å². The van der Waals surface area contributed by atoms with Gasteiger partial charge in [0.2, 0.25) is 5.91 Å². The average molecular weight is 286 g/mol. The molecule has 0 saturated heterocycles. The topological polar surface area (TPSA) is 73.1 Å². The van der Waals surface area contributed by atoms with Crippen LogP contribution in [0.15, 0.2) is 24.3 Å². The van der Waals surface area contributed by atoms with Gasteiger partial charge in [0, 0.05) is 6.54 Å². The van der Waals surface area contributed by atoms with Crippen LogP contribution in [0.2, 0.25) is 0 Å². The van der Waals surface area contributed by atoms with Crippen molar-refractivity contribution in [2.45, 2.75) is 50.5 Å². The summed E-state index contributed by atoms with van der Waals surface area (Å²) in [5, 5.41) is 22.0. The Hall–Kier alpha value is -1.86. The van der Waals surface area contributed by atoms with Crippen LogP contribution in [0.25, 0.3) is 0 Å². The molecular weight excluding hydrogens is 264 g/mol. The zero-order valence-electron chi connectivity index (χ0n) is 12.3. The molecule has 1 aromatic carbocycles. The van der Waals surface area contributed by atoms with E-state index in [4.69, 9.17) is 5.26 Å². The van der Waals surface area contributed by atoms with Crippen molar-refractivity contribution < 1.29 is 9.90 Å². The van der Waals surface area contributed by atoms with Gasteiger partial charge in [-0.05, 0) is 24.0 Å². The van der Waals surface area contributed by atoms with E-state index in [1.165, 1.54) is 0 Å². The predicted molar refractivity (Wildman–Crippen MR) is 80.5 cm³/mol. The van der Waals surface area contributed by atoms with Crippen molar-refractivity contribution in [1.82, 2.24) is 5.32 Å². The molecule has 0 atom stereocenters. The number of aliphatic hydroxyl groups is 1. The number of rotatable bonds is 5. The smallest absolute Gasteiger partial charge is 0.224 e. The second-order valence-electron chi connectivity index (χ2n) is 5.84. The third-order valence-corrected chi connectivity index (χ3v) is 4.14. The monoisotopic (exact) mass is 286 g/mol. The zero-order valence-corrected chi connectivity index (χ0v) is 12.3. The highest BCUT2D eigenvalue weighted by Crippen LogP contribution is 2.27. The molecule has 4 heteroatoms. The Balaban J connectivity index is 1.89. The van der Waals surface area contributed by atoms with E-state index < -0.39 is 5.60 Å². The van der Waals surface area contributed by atoms with Crippen LogP contribution in [-0.4, -0.2) is 23.2 Å². The largest absolute Gasteiger partial charge is 0.388 e. The summed E-state index contributed by atoms with van der Waals surface area (Å²) in [6, 6.07) is 9.61. The summed E-state index contributed by atoms with van der Waals surface area (Å²) in [6.07, 6.45) is 5.31. The molecule has 1 saturated carbocycles. The first-order valence-corrected chi connectivity index (χ1v) is 7.56. The lowest BCUT2D eigenvalue weighted by Gasteiger charge is -2.32. The Morgan fingerprint density at radius 3 is 2.57 bits per heavy atom. The Morgan fingerprint density at radius 1 is 1.24 bits per heavy atom. The van der Waals surface area contributed by atoms with Crippen molar-refractivity contribution in [2.75, 3.05) is 6.54 Å². The van der Waals surface area contributed by atoms with E-state index in [-0.39, 0.29) is 12.3 Å². The quantitative estimate of drug-likeness (QED) is 0.870. The molecular formula is C17H22N2O2. The highest BCUT2D eigenvalue weighted by molar-refractivity contribution is 5.79. The number of hydrogen-bond acceptors (Lipinski definition) is 3. The summed E-state index contributed by atoms with van der Waals surface area (Å²) >= 11 is 0. The number of carbonyl (C=O) groups is 1. The van der Waals surface area contributed by atoms with Gasteiger partial charge in [0.25, 0.3) is 0 Å². The molecule has 1 aliphatic carbocycles. The van der Waals surface area contributed by atoms with Gasteiger partial charge in [0.1, 0.15) is 0 Å².